The van der Waals surface area contributed by atoms with Crippen LogP contribution in [-0.2, 0) is 0 Å². The molecule has 0 aromatic carbocycles. The van der Waals surface area contributed by atoms with Crippen LogP contribution in [0.2, 0.25) is 0 Å². The van der Waals surface area contributed by atoms with Gasteiger partial charge in [0.1, 0.15) is 0 Å². The van der Waals surface area contributed by atoms with Crippen molar-refractivity contribution in [3.63, 3.8) is 0 Å². The molecular weight excluding hydrogens is 399 g/mol. The number of guanidine groups is 1. The average molecular weight is 436 g/mol. The summed E-state index contributed by atoms with van der Waals surface area (Å²) in [6.07, 6.45) is 7.87. The van der Waals surface area contributed by atoms with Crippen LogP contribution in [0, 0.1) is 5.41 Å². The molecule has 1 saturated heterocycles. The fourth-order valence-corrected chi connectivity index (χ4v) is 3.73. The molecule has 1 heterocycles. The number of piperidine rings is 1. The first-order valence-electron chi connectivity index (χ1n) is 9.31. The third kappa shape index (κ3) is 6.77. The maximum Gasteiger partial charge on any atom is 0.191 e. The summed E-state index contributed by atoms with van der Waals surface area (Å²) in [4.78, 5) is 7.47. The molecular formula is C18H37IN4. The molecule has 1 saturated carbocycles. The molecule has 1 aliphatic heterocycles. The number of hydrogen-bond acceptors (Lipinski definition) is 2. The van der Waals surface area contributed by atoms with E-state index < -0.39 is 0 Å². The number of halogens is 1. The summed E-state index contributed by atoms with van der Waals surface area (Å²) in [6.45, 7) is 13.4. The highest BCUT2D eigenvalue weighted by molar-refractivity contribution is 14.0. The Balaban J connectivity index is 0.00000264. The standard InChI is InChI=1S/C18H36N4.HI/c1-5-19-17(20-14-18(4)10-6-7-11-18)21-16-8-12-22(13-9-16)15(2)3;/h15-16H,5-14H2,1-4H3,(H2,19,20,21);1H. The minimum atomic E-state index is 0. The van der Waals surface area contributed by atoms with Gasteiger partial charge in [0.2, 0.25) is 0 Å². The minimum absolute atomic E-state index is 0. The summed E-state index contributed by atoms with van der Waals surface area (Å²) in [5, 5.41) is 7.10. The van der Waals surface area contributed by atoms with E-state index in [1.165, 1.54) is 51.6 Å². The summed E-state index contributed by atoms with van der Waals surface area (Å²) < 4.78 is 0. The van der Waals surface area contributed by atoms with Gasteiger partial charge >= 0.3 is 0 Å². The average Bonchev–Trinajstić information content (AvgIpc) is 2.93. The molecule has 5 heteroatoms. The molecule has 0 atom stereocenters. The summed E-state index contributed by atoms with van der Waals surface area (Å²) in [6, 6.07) is 1.24. The fraction of sp³-hybridized carbons (Fsp3) is 0.944. The lowest BCUT2D eigenvalue weighted by Crippen LogP contribution is -2.50. The largest absolute Gasteiger partial charge is 0.357 e. The first-order valence-corrected chi connectivity index (χ1v) is 9.31. The highest BCUT2D eigenvalue weighted by Gasteiger charge is 2.28. The number of aliphatic imine (C=N–C) groups is 1. The molecule has 0 amide bonds. The Morgan fingerprint density at radius 3 is 2.35 bits per heavy atom. The van der Waals surface area contributed by atoms with Crippen LogP contribution in [0.1, 0.15) is 66.2 Å². The molecule has 0 aromatic rings. The van der Waals surface area contributed by atoms with E-state index in [0.717, 1.165) is 19.0 Å². The highest BCUT2D eigenvalue weighted by atomic mass is 127. The lowest BCUT2D eigenvalue weighted by Gasteiger charge is -2.35. The number of rotatable bonds is 5. The van der Waals surface area contributed by atoms with E-state index in [-0.39, 0.29) is 24.0 Å². The van der Waals surface area contributed by atoms with Crippen molar-refractivity contribution in [2.75, 3.05) is 26.2 Å². The van der Waals surface area contributed by atoms with Gasteiger partial charge in [-0.2, -0.15) is 0 Å². The van der Waals surface area contributed by atoms with Crippen molar-refractivity contribution in [2.24, 2.45) is 10.4 Å². The summed E-state index contributed by atoms with van der Waals surface area (Å²) >= 11 is 0. The van der Waals surface area contributed by atoms with E-state index >= 15 is 0 Å². The number of nitrogens with zero attached hydrogens (tertiary/aromatic N) is 2. The fourth-order valence-electron chi connectivity index (χ4n) is 3.73. The Morgan fingerprint density at radius 1 is 1.22 bits per heavy atom. The third-order valence-electron chi connectivity index (χ3n) is 5.37. The van der Waals surface area contributed by atoms with Gasteiger partial charge in [0.05, 0.1) is 0 Å². The van der Waals surface area contributed by atoms with E-state index in [0.29, 0.717) is 17.5 Å². The van der Waals surface area contributed by atoms with Crippen molar-refractivity contribution in [2.45, 2.75) is 78.3 Å². The molecule has 2 fully saturated rings. The van der Waals surface area contributed by atoms with Crippen molar-refractivity contribution in [3.8, 4) is 0 Å². The van der Waals surface area contributed by atoms with E-state index in [1.54, 1.807) is 0 Å². The zero-order valence-electron chi connectivity index (χ0n) is 15.5. The Kier molecular flexibility index (Phi) is 9.19. The van der Waals surface area contributed by atoms with Crippen molar-refractivity contribution in [3.05, 3.63) is 0 Å². The smallest absolute Gasteiger partial charge is 0.191 e. The Labute approximate surface area is 160 Å². The molecule has 1 aliphatic carbocycles. The first kappa shape index (κ1) is 21.0. The van der Waals surface area contributed by atoms with Gasteiger partial charge in [-0.3, -0.25) is 4.99 Å². The Bertz CT molecular complexity index is 356. The monoisotopic (exact) mass is 436 g/mol. The topological polar surface area (TPSA) is 39.7 Å². The highest BCUT2D eigenvalue weighted by Crippen LogP contribution is 2.37. The SMILES string of the molecule is CCNC(=NCC1(C)CCCC1)NC1CCN(C(C)C)CC1.I. The van der Waals surface area contributed by atoms with Crippen LogP contribution in [0.5, 0.6) is 0 Å². The van der Waals surface area contributed by atoms with Gasteiger partial charge < -0.3 is 15.5 Å². The Hall–Kier alpha value is -0.0400. The van der Waals surface area contributed by atoms with Gasteiger partial charge in [-0.25, -0.2) is 0 Å². The first-order chi connectivity index (χ1) is 10.5. The van der Waals surface area contributed by atoms with Crippen molar-refractivity contribution in [1.29, 1.82) is 0 Å². The molecule has 4 nitrogen and oxygen atoms in total. The second kappa shape index (κ2) is 10.1. The van der Waals surface area contributed by atoms with Crippen LogP contribution in [0.15, 0.2) is 4.99 Å². The molecule has 136 valence electrons. The van der Waals surface area contributed by atoms with Gasteiger partial charge in [0, 0.05) is 38.3 Å². The summed E-state index contributed by atoms with van der Waals surface area (Å²) in [5.41, 5.74) is 0.434. The third-order valence-corrected chi connectivity index (χ3v) is 5.37. The predicted octanol–water partition coefficient (Wildman–Crippen LogP) is 3.61. The van der Waals surface area contributed by atoms with E-state index in [1.807, 2.05) is 0 Å². The summed E-state index contributed by atoms with van der Waals surface area (Å²) in [7, 11) is 0. The van der Waals surface area contributed by atoms with Crippen LogP contribution in [0.25, 0.3) is 0 Å². The van der Waals surface area contributed by atoms with E-state index in [9.17, 15) is 0 Å². The van der Waals surface area contributed by atoms with Gasteiger partial charge in [0.15, 0.2) is 5.96 Å². The second-order valence-corrected chi connectivity index (χ2v) is 7.76. The van der Waals surface area contributed by atoms with E-state index in [4.69, 9.17) is 4.99 Å². The Morgan fingerprint density at radius 2 is 1.83 bits per heavy atom. The number of likely N-dealkylation sites (tertiary alicyclic amines) is 1. The number of nitrogens with one attached hydrogen (secondary N) is 2. The predicted molar refractivity (Wildman–Crippen MR) is 111 cm³/mol. The maximum absolute atomic E-state index is 4.90. The van der Waals surface area contributed by atoms with Crippen LogP contribution >= 0.6 is 24.0 Å². The maximum atomic E-state index is 4.90. The van der Waals surface area contributed by atoms with Crippen molar-refractivity contribution < 1.29 is 0 Å². The molecule has 2 rings (SSSR count). The van der Waals surface area contributed by atoms with Crippen LogP contribution in [0.3, 0.4) is 0 Å². The minimum Gasteiger partial charge on any atom is -0.357 e. The molecule has 0 radical (unpaired) electrons. The van der Waals surface area contributed by atoms with Gasteiger partial charge in [0.25, 0.3) is 0 Å². The molecule has 0 bridgehead atoms. The zero-order chi connectivity index (χ0) is 16.0. The number of hydrogen-bond donors (Lipinski definition) is 2. The van der Waals surface area contributed by atoms with Crippen molar-refractivity contribution >= 4 is 29.9 Å². The second-order valence-electron chi connectivity index (χ2n) is 7.76. The molecule has 2 aliphatic rings. The van der Waals surface area contributed by atoms with Crippen LogP contribution in [0.4, 0.5) is 0 Å². The lowest BCUT2D eigenvalue weighted by molar-refractivity contribution is 0.167. The van der Waals surface area contributed by atoms with Gasteiger partial charge in [-0.1, -0.05) is 19.8 Å². The van der Waals surface area contributed by atoms with Gasteiger partial charge in [-0.05, 0) is 51.9 Å². The van der Waals surface area contributed by atoms with Gasteiger partial charge in [-0.15, -0.1) is 24.0 Å². The lowest BCUT2D eigenvalue weighted by atomic mass is 9.89. The zero-order valence-corrected chi connectivity index (χ0v) is 17.9. The molecule has 0 unspecified atom stereocenters. The quantitative estimate of drug-likeness (QED) is 0.393. The molecule has 0 aromatic heterocycles. The van der Waals surface area contributed by atoms with Crippen LogP contribution in [-0.4, -0.2) is 49.1 Å². The normalized spacial score (nSPS) is 22.9. The van der Waals surface area contributed by atoms with Crippen molar-refractivity contribution in [1.82, 2.24) is 15.5 Å². The molecule has 2 N–H and O–H groups in total. The van der Waals surface area contributed by atoms with Crippen LogP contribution < -0.4 is 10.6 Å². The van der Waals surface area contributed by atoms with E-state index in [2.05, 4.69) is 43.2 Å². The summed E-state index contributed by atoms with van der Waals surface area (Å²) in [5.74, 6) is 1.03. The molecule has 0 spiro atoms. The molecule has 23 heavy (non-hydrogen) atoms.